The van der Waals surface area contributed by atoms with Crippen molar-refractivity contribution in [2.45, 2.75) is 59.8 Å². The molecule has 2 aromatic carbocycles. The Kier molecular flexibility index (Phi) is 21.5. The summed E-state index contributed by atoms with van der Waals surface area (Å²) in [5.41, 5.74) is 9.20. The van der Waals surface area contributed by atoms with Gasteiger partial charge in [-0.05, 0) is 136 Å². The number of nitriles is 2. The fourth-order valence-corrected chi connectivity index (χ4v) is 12.0. The van der Waals surface area contributed by atoms with Gasteiger partial charge in [-0.15, -0.1) is 12.4 Å². The molecule has 10 heterocycles. The van der Waals surface area contributed by atoms with Crippen molar-refractivity contribution in [3.63, 3.8) is 0 Å². The van der Waals surface area contributed by atoms with Crippen LogP contribution in [0.5, 0.6) is 0 Å². The topological polar surface area (TPSA) is 245 Å². The third-order valence-electron chi connectivity index (χ3n) is 14.8. The predicted molar refractivity (Wildman–Crippen MR) is 341 cm³/mol. The lowest BCUT2D eigenvalue weighted by molar-refractivity contribution is -0.146. The quantitative estimate of drug-likeness (QED) is 0.0805. The second kappa shape index (κ2) is 29.1. The monoisotopic (exact) mass is 1270 g/mol. The zero-order valence-electron chi connectivity index (χ0n) is 47.9. The number of carbonyl (C=O) groups is 2. The van der Waals surface area contributed by atoms with Gasteiger partial charge in [0, 0.05) is 97.7 Å². The molecule has 2 aliphatic rings. The van der Waals surface area contributed by atoms with Crippen LogP contribution < -0.4 is 20.0 Å². The number of anilines is 5. The van der Waals surface area contributed by atoms with Gasteiger partial charge in [0.1, 0.15) is 67.8 Å². The number of piperidine rings is 2. The summed E-state index contributed by atoms with van der Waals surface area (Å²) in [7, 11) is 5.24. The van der Waals surface area contributed by atoms with Gasteiger partial charge < -0.3 is 29.9 Å². The van der Waals surface area contributed by atoms with Crippen LogP contribution in [0, 0.1) is 46.1 Å². The number of hydrogen-bond acceptors (Lipinski definition) is 19. The third kappa shape index (κ3) is 14.2. The average molecular weight is 1270 g/mol. The van der Waals surface area contributed by atoms with Crippen molar-refractivity contribution in [2.24, 2.45) is 11.8 Å². The highest BCUT2D eigenvalue weighted by Crippen LogP contribution is 2.40. The van der Waals surface area contributed by atoms with E-state index in [1.807, 2.05) is 88.1 Å². The van der Waals surface area contributed by atoms with Crippen molar-refractivity contribution >= 4 is 97.8 Å². The number of nitrogens with zero attached hydrogens (tertiary/aromatic N) is 15. The number of aliphatic carboxylic acids is 1. The minimum atomic E-state index is -0.745. The molecule has 0 radical (unpaired) electrons. The highest BCUT2D eigenvalue weighted by atomic mass is 35.5. The average Bonchev–Trinajstić information content (AvgIpc) is 2.31. The number of thiazole rings is 2. The van der Waals surface area contributed by atoms with Gasteiger partial charge in [0.2, 0.25) is 11.2 Å². The number of benzene rings is 2. The lowest BCUT2D eigenvalue weighted by atomic mass is 9.97. The number of rotatable bonds is 13. The fourth-order valence-electron chi connectivity index (χ4n) is 10.2. The summed E-state index contributed by atoms with van der Waals surface area (Å²) in [5.74, 6) is 0.616. The van der Waals surface area contributed by atoms with Gasteiger partial charge in [-0.2, -0.15) is 10.5 Å². The molecule has 0 aliphatic carbocycles. The number of methoxy groups -OCH3 is 1. The van der Waals surface area contributed by atoms with Crippen LogP contribution in [-0.2, 0) is 27.2 Å². The number of hydrogen-bond donors (Lipinski definition) is 2. The molecule has 0 spiro atoms. The second-order valence-electron chi connectivity index (χ2n) is 20.1. The molecule has 2 aliphatic heterocycles. The molecule has 2 fully saturated rings. The molecule has 8 aromatic heterocycles. The Balaban J connectivity index is 0.000000196. The molecule has 2 saturated heterocycles. The lowest BCUT2D eigenvalue weighted by Crippen LogP contribution is -2.37. The number of imidazole rings is 2. The zero-order valence-corrected chi connectivity index (χ0v) is 51.1. The minimum Gasteiger partial charge on any atom is -0.481 e. The molecule has 2 N–H and O–H groups in total. The third-order valence-corrected chi connectivity index (χ3v) is 17.1. The summed E-state index contributed by atoms with van der Waals surface area (Å²) in [6, 6.07) is 24.2. The second-order valence-corrected chi connectivity index (χ2v) is 22.4. The number of aromatic nitrogens is 10. The molecular formula is C62H62Cl2F2N16O4S2. The van der Waals surface area contributed by atoms with Gasteiger partial charge >= 0.3 is 11.9 Å². The van der Waals surface area contributed by atoms with E-state index in [9.17, 15) is 34.0 Å². The van der Waals surface area contributed by atoms with Crippen molar-refractivity contribution in [2.75, 3.05) is 62.1 Å². The van der Waals surface area contributed by atoms with Gasteiger partial charge in [0.15, 0.2) is 10.3 Å². The molecule has 20 nitrogen and oxygen atoms in total. The van der Waals surface area contributed by atoms with Crippen molar-refractivity contribution in [3.8, 4) is 56.9 Å². The summed E-state index contributed by atoms with van der Waals surface area (Å²) in [6.45, 7) is 7.19. The summed E-state index contributed by atoms with van der Waals surface area (Å²) in [6.07, 6.45) is 15.3. The van der Waals surface area contributed by atoms with Crippen molar-refractivity contribution in [1.82, 2.24) is 54.0 Å². The van der Waals surface area contributed by atoms with E-state index >= 15 is 0 Å². The highest BCUT2D eigenvalue weighted by Gasteiger charge is 2.28. The Labute approximate surface area is 526 Å². The van der Waals surface area contributed by atoms with Crippen LogP contribution in [-0.4, -0.2) is 113 Å². The summed E-state index contributed by atoms with van der Waals surface area (Å²) in [5, 5.41) is 33.4. The van der Waals surface area contributed by atoms with E-state index < -0.39 is 5.97 Å². The first-order valence-corrected chi connectivity index (χ1v) is 29.6. The smallest absolute Gasteiger partial charge is 0.308 e. The maximum atomic E-state index is 13.5. The van der Waals surface area contributed by atoms with E-state index in [2.05, 4.69) is 42.1 Å². The number of nitrogens with one attached hydrogen (secondary N) is 1. The van der Waals surface area contributed by atoms with E-state index in [1.165, 1.54) is 54.0 Å². The molecule has 0 amide bonds. The molecule has 26 heteroatoms. The largest absolute Gasteiger partial charge is 0.481 e. The standard InChI is InChI=1S/C30H27FN8O2S.C24H17ClFN7S.C7H13NO2.CH4.ClH/c1-3-23-27(37(2)30-36-26(24(14-32)42-30)18-4-7-22(31)8-5-18)39-17-20(6-9-25(39)35-23)21-15-33-29(34-16-21)38-12-10-19(11-13-38)28(40)41;1-3-18-22(33-13-15(6-9-20(33)30-18)16-11-28-23(25)29-12-16)32(2)24-31-21(19(10-27)34-24)14-4-7-17(26)8-5-14;1-10-7(9)6-2-4-8-5-3-6;;/h4-9,15-17,19H,3,10-13H2,1-2H3,(H,40,41);4-9,11-13H,3H2,1-2H3;6,8H,2-5H2,1H3;1H4;1H. The molecular weight excluding hydrogens is 1210 g/mol. The van der Waals surface area contributed by atoms with Gasteiger partial charge in [-0.1, -0.05) is 43.9 Å². The first-order chi connectivity index (χ1) is 41.7. The van der Waals surface area contributed by atoms with Crippen molar-refractivity contribution in [3.05, 3.63) is 148 Å². The number of carboxylic acid groups (broad SMARTS) is 1. The van der Waals surface area contributed by atoms with Crippen LogP contribution in [0.25, 0.3) is 56.1 Å². The van der Waals surface area contributed by atoms with Crippen LogP contribution >= 0.6 is 46.7 Å². The van der Waals surface area contributed by atoms with Crippen LogP contribution in [0.2, 0.25) is 5.28 Å². The maximum absolute atomic E-state index is 13.5. The van der Waals surface area contributed by atoms with Crippen LogP contribution in [0.3, 0.4) is 0 Å². The Bertz CT molecular complexity index is 4140. The summed E-state index contributed by atoms with van der Waals surface area (Å²) in [4.78, 5) is 65.4. The van der Waals surface area contributed by atoms with Crippen LogP contribution in [0.4, 0.5) is 36.6 Å². The number of pyridine rings is 2. The molecule has 454 valence electrons. The Morgan fingerprint density at radius 1 is 0.659 bits per heavy atom. The van der Waals surface area contributed by atoms with E-state index in [1.54, 1.807) is 49.1 Å². The number of fused-ring (bicyclic) bond motifs is 2. The van der Waals surface area contributed by atoms with E-state index in [-0.39, 0.29) is 54.6 Å². The number of carbonyl (C=O) groups excluding carboxylic acids is 1. The molecule has 12 rings (SSSR count). The SMILES string of the molecule is C.CCc1nc2ccc(-c3cnc(Cl)nc3)cn2c1N(C)c1nc(-c2ccc(F)cc2)c(C#N)s1.CCc1nc2ccc(-c3cnc(N4CCC(C(=O)O)CC4)nc3)cn2c1N(C)c1nc(-c2ccc(F)cc2)c(C#N)s1.COC(=O)C1CCNCC1.Cl. The molecule has 0 atom stereocenters. The van der Waals surface area contributed by atoms with E-state index in [0.29, 0.717) is 87.3 Å². The number of carboxylic acids is 1. The van der Waals surface area contributed by atoms with Gasteiger partial charge in [0.05, 0.1) is 30.3 Å². The van der Waals surface area contributed by atoms with Crippen molar-refractivity contribution in [1.29, 1.82) is 10.5 Å². The molecule has 88 heavy (non-hydrogen) atoms. The number of esters is 1. The first kappa shape index (κ1) is 64.9. The molecule has 10 aromatic rings. The fraction of sp³-hybridized carbons (Fsp3) is 0.290. The minimum absolute atomic E-state index is 0. The van der Waals surface area contributed by atoms with Gasteiger partial charge in [-0.3, -0.25) is 18.4 Å². The summed E-state index contributed by atoms with van der Waals surface area (Å²) < 4.78 is 35.5. The maximum Gasteiger partial charge on any atom is 0.308 e. The van der Waals surface area contributed by atoms with Crippen molar-refractivity contribution < 1.29 is 28.2 Å². The predicted octanol–water partition coefficient (Wildman–Crippen LogP) is 12.7. The summed E-state index contributed by atoms with van der Waals surface area (Å²) >= 11 is 8.39. The number of ether oxygens (including phenoxy) is 1. The number of aryl methyl sites for hydroxylation is 2. The molecule has 0 saturated carbocycles. The lowest BCUT2D eigenvalue weighted by Gasteiger charge is -2.30. The highest BCUT2D eigenvalue weighted by molar-refractivity contribution is 7.17. The zero-order chi connectivity index (χ0) is 60.6. The van der Waals surface area contributed by atoms with Crippen LogP contribution in [0.15, 0.2) is 110 Å². The van der Waals surface area contributed by atoms with Gasteiger partial charge in [0.25, 0.3) is 0 Å². The van der Waals surface area contributed by atoms with Gasteiger partial charge in [-0.25, -0.2) is 48.7 Å². The van der Waals surface area contributed by atoms with E-state index in [4.69, 9.17) is 31.5 Å². The van der Waals surface area contributed by atoms with E-state index in [0.717, 1.165) is 82.5 Å². The number of halogens is 4. The van der Waals surface area contributed by atoms with Crippen LogP contribution in [0.1, 0.15) is 68.1 Å². The Morgan fingerprint density at radius 2 is 1.08 bits per heavy atom. The Hall–Kier alpha value is -9.04. The first-order valence-electron chi connectivity index (χ1n) is 27.6. The molecule has 0 bridgehead atoms. The molecule has 0 unspecified atom stereocenters. The Morgan fingerprint density at radius 3 is 1.48 bits per heavy atom. The normalized spacial score (nSPS) is 13.2.